The number of aliphatic imine (C=N–C) groups is 1. The van der Waals surface area contributed by atoms with E-state index in [1.54, 1.807) is 6.21 Å². The van der Waals surface area contributed by atoms with Gasteiger partial charge in [-0.1, -0.05) is 6.58 Å². The first kappa shape index (κ1) is 14.0. The molecule has 0 N–H and O–H groups in total. The Kier molecular flexibility index (Phi) is 4.99. The largest absolute Gasteiger partial charge is 0.390 e. The van der Waals surface area contributed by atoms with Crippen molar-refractivity contribution < 1.29 is 13.2 Å². The van der Waals surface area contributed by atoms with E-state index < -0.39 is 12.6 Å². The third-order valence-corrected chi connectivity index (χ3v) is 2.73. The van der Waals surface area contributed by atoms with E-state index in [1.807, 2.05) is 16.7 Å². The minimum Gasteiger partial charge on any atom is -0.355 e. The van der Waals surface area contributed by atoms with Crippen molar-refractivity contribution in [1.29, 1.82) is 0 Å². The number of halogens is 3. The maximum atomic E-state index is 12.0. The van der Waals surface area contributed by atoms with Gasteiger partial charge in [0.1, 0.15) is 5.82 Å². The first-order valence-electron chi connectivity index (χ1n) is 5.64. The van der Waals surface area contributed by atoms with Gasteiger partial charge in [0.2, 0.25) is 0 Å². The molecule has 1 heterocycles. The zero-order chi connectivity index (χ0) is 12.9. The molecular weight excluding hydrogens is 231 g/mol. The molecule has 1 fully saturated rings. The van der Waals surface area contributed by atoms with Crippen molar-refractivity contribution in [2.24, 2.45) is 4.99 Å². The van der Waals surface area contributed by atoms with Crippen LogP contribution in [0.2, 0.25) is 0 Å². The van der Waals surface area contributed by atoms with Gasteiger partial charge >= 0.3 is 6.18 Å². The van der Waals surface area contributed by atoms with Gasteiger partial charge in [-0.15, -0.1) is 0 Å². The maximum Gasteiger partial charge on any atom is 0.390 e. The van der Waals surface area contributed by atoms with Crippen molar-refractivity contribution in [3.63, 3.8) is 0 Å². The van der Waals surface area contributed by atoms with Gasteiger partial charge in [0.25, 0.3) is 0 Å². The predicted octanol–water partition coefficient (Wildman–Crippen LogP) is 2.12. The van der Waals surface area contributed by atoms with Gasteiger partial charge in [-0.3, -0.25) is 4.90 Å². The van der Waals surface area contributed by atoms with Crippen molar-refractivity contribution >= 4 is 6.21 Å². The Morgan fingerprint density at radius 2 is 1.88 bits per heavy atom. The molecule has 0 spiro atoms. The maximum absolute atomic E-state index is 12.0. The van der Waals surface area contributed by atoms with Crippen LogP contribution in [0, 0.1) is 0 Å². The lowest BCUT2D eigenvalue weighted by Gasteiger charge is -2.35. The summed E-state index contributed by atoms with van der Waals surface area (Å²) in [4.78, 5) is 7.88. The molecule has 6 heteroatoms. The van der Waals surface area contributed by atoms with E-state index in [4.69, 9.17) is 0 Å². The highest BCUT2D eigenvalue weighted by Crippen LogP contribution is 2.20. The van der Waals surface area contributed by atoms with Gasteiger partial charge in [0, 0.05) is 38.9 Å². The van der Waals surface area contributed by atoms with E-state index in [-0.39, 0.29) is 6.54 Å². The lowest BCUT2D eigenvalue weighted by Crippen LogP contribution is -2.46. The summed E-state index contributed by atoms with van der Waals surface area (Å²) < 4.78 is 36.1. The first-order chi connectivity index (χ1) is 7.92. The van der Waals surface area contributed by atoms with Crippen LogP contribution in [0.3, 0.4) is 0 Å². The van der Waals surface area contributed by atoms with E-state index in [0.29, 0.717) is 32.0 Å². The average molecular weight is 249 g/mol. The van der Waals surface area contributed by atoms with Gasteiger partial charge in [-0.05, 0) is 6.92 Å². The molecule has 0 saturated carbocycles. The van der Waals surface area contributed by atoms with Crippen LogP contribution in [-0.4, -0.2) is 54.9 Å². The SMILES string of the molecule is C=C(/N=C\C)N1CCN(CCC(F)(F)F)CC1. The molecule has 1 saturated heterocycles. The second kappa shape index (κ2) is 6.05. The van der Waals surface area contributed by atoms with Gasteiger partial charge < -0.3 is 4.90 Å². The summed E-state index contributed by atoms with van der Waals surface area (Å²) in [6.45, 7) is 8.35. The molecule has 0 aromatic carbocycles. The van der Waals surface area contributed by atoms with Crippen LogP contribution in [0.1, 0.15) is 13.3 Å². The highest BCUT2D eigenvalue weighted by atomic mass is 19.4. The van der Waals surface area contributed by atoms with Crippen LogP contribution in [-0.2, 0) is 0 Å². The summed E-state index contributed by atoms with van der Waals surface area (Å²) in [5.74, 6) is 0.683. The van der Waals surface area contributed by atoms with Gasteiger partial charge in [0.15, 0.2) is 0 Å². The average Bonchev–Trinajstić information content (AvgIpc) is 2.26. The molecule has 1 aliphatic heterocycles. The fourth-order valence-electron chi connectivity index (χ4n) is 1.75. The number of hydrogen-bond donors (Lipinski definition) is 0. The summed E-state index contributed by atoms with van der Waals surface area (Å²) >= 11 is 0. The van der Waals surface area contributed by atoms with Crippen molar-refractivity contribution in [1.82, 2.24) is 9.80 Å². The Balaban J connectivity index is 2.29. The molecule has 0 radical (unpaired) electrons. The van der Waals surface area contributed by atoms with Crippen molar-refractivity contribution in [2.45, 2.75) is 19.5 Å². The third-order valence-electron chi connectivity index (χ3n) is 2.73. The highest BCUT2D eigenvalue weighted by molar-refractivity contribution is 5.54. The zero-order valence-corrected chi connectivity index (χ0v) is 10.0. The molecule has 0 aliphatic carbocycles. The quantitative estimate of drug-likeness (QED) is 0.711. The summed E-state index contributed by atoms with van der Waals surface area (Å²) in [7, 11) is 0. The number of nitrogens with zero attached hydrogens (tertiary/aromatic N) is 3. The second-order valence-corrected chi connectivity index (χ2v) is 4.00. The van der Waals surface area contributed by atoms with E-state index in [0.717, 1.165) is 0 Å². The summed E-state index contributed by atoms with van der Waals surface area (Å²) in [6, 6.07) is 0. The van der Waals surface area contributed by atoms with Crippen LogP contribution in [0.4, 0.5) is 13.2 Å². The fraction of sp³-hybridized carbons (Fsp3) is 0.727. The van der Waals surface area contributed by atoms with Crippen LogP contribution in [0.5, 0.6) is 0 Å². The predicted molar refractivity (Wildman–Crippen MR) is 62.0 cm³/mol. The normalized spacial score (nSPS) is 18.9. The summed E-state index contributed by atoms with van der Waals surface area (Å²) in [6.07, 6.45) is -3.13. The molecule has 0 atom stereocenters. The van der Waals surface area contributed by atoms with Crippen LogP contribution >= 0.6 is 0 Å². The number of alkyl halides is 3. The second-order valence-electron chi connectivity index (χ2n) is 4.00. The van der Waals surface area contributed by atoms with E-state index in [2.05, 4.69) is 11.6 Å². The Morgan fingerprint density at radius 1 is 1.29 bits per heavy atom. The standard InChI is InChI=1S/C11H18F3N3/c1-3-15-10(2)17-8-6-16(7-9-17)5-4-11(12,13)14/h3H,2,4-9H2,1H3/b15-3-. The summed E-state index contributed by atoms with van der Waals surface area (Å²) in [5, 5.41) is 0. The minimum atomic E-state index is -4.06. The van der Waals surface area contributed by atoms with Crippen molar-refractivity contribution in [2.75, 3.05) is 32.7 Å². The molecule has 1 aliphatic rings. The Morgan fingerprint density at radius 3 is 2.35 bits per heavy atom. The van der Waals surface area contributed by atoms with Gasteiger partial charge in [-0.2, -0.15) is 13.2 Å². The Hall–Kier alpha value is -1.04. The molecule has 0 aromatic heterocycles. The van der Waals surface area contributed by atoms with E-state index in [1.165, 1.54) is 0 Å². The number of hydrogen-bond acceptors (Lipinski definition) is 3. The topological polar surface area (TPSA) is 18.8 Å². The highest BCUT2D eigenvalue weighted by Gasteiger charge is 2.28. The first-order valence-corrected chi connectivity index (χ1v) is 5.64. The lowest BCUT2D eigenvalue weighted by atomic mass is 10.3. The van der Waals surface area contributed by atoms with Crippen LogP contribution < -0.4 is 0 Å². The molecule has 17 heavy (non-hydrogen) atoms. The van der Waals surface area contributed by atoms with Gasteiger partial charge in [-0.25, -0.2) is 4.99 Å². The molecular formula is C11H18F3N3. The molecule has 0 aromatic rings. The zero-order valence-electron chi connectivity index (χ0n) is 10.0. The Labute approximate surface area is 99.6 Å². The van der Waals surface area contributed by atoms with E-state index in [9.17, 15) is 13.2 Å². The molecule has 98 valence electrons. The minimum absolute atomic E-state index is 0.0842. The van der Waals surface area contributed by atoms with Crippen LogP contribution in [0.25, 0.3) is 0 Å². The molecule has 3 nitrogen and oxygen atoms in total. The van der Waals surface area contributed by atoms with Crippen molar-refractivity contribution in [3.05, 3.63) is 12.4 Å². The smallest absolute Gasteiger partial charge is 0.355 e. The van der Waals surface area contributed by atoms with Gasteiger partial charge in [0.05, 0.1) is 6.42 Å². The number of rotatable bonds is 4. The fourth-order valence-corrected chi connectivity index (χ4v) is 1.75. The van der Waals surface area contributed by atoms with Crippen molar-refractivity contribution in [3.8, 4) is 0 Å². The molecule has 0 unspecified atom stereocenters. The van der Waals surface area contributed by atoms with Crippen LogP contribution in [0.15, 0.2) is 17.4 Å². The lowest BCUT2D eigenvalue weighted by molar-refractivity contribution is -0.138. The summed E-state index contributed by atoms with van der Waals surface area (Å²) in [5.41, 5.74) is 0. The monoisotopic (exact) mass is 249 g/mol. The molecule has 0 amide bonds. The third kappa shape index (κ3) is 5.21. The molecule has 0 bridgehead atoms. The molecule has 1 rings (SSSR count). The Bertz CT molecular complexity index is 278. The van der Waals surface area contributed by atoms with E-state index >= 15 is 0 Å². The number of piperazine rings is 1.